The number of aliphatic hydroxyl groups is 1. The van der Waals surface area contributed by atoms with Gasteiger partial charge in [0.05, 0.1) is 18.3 Å². The van der Waals surface area contributed by atoms with Gasteiger partial charge < -0.3 is 14.6 Å². The maximum atomic E-state index is 9.07. The molecule has 1 heterocycles. The molecule has 52 valence electrons. The van der Waals surface area contributed by atoms with Crippen molar-refractivity contribution in [2.75, 3.05) is 6.79 Å². The first-order valence-corrected chi connectivity index (χ1v) is 3.27. The first-order chi connectivity index (χ1) is 4.36. The number of hydrogen-bond donors (Lipinski definition) is 1. The van der Waals surface area contributed by atoms with Crippen LogP contribution in [0.5, 0.6) is 0 Å². The minimum atomic E-state index is -0.194. The van der Waals surface area contributed by atoms with E-state index in [0.29, 0.717) is 6.79 Å². The van der Waals surface area contributed by atoms with E-state index in [0.717, 1.165) is 12.8 Å². The van der Waals surface area contributed by atoms with Crippen LogP contribution >= 0.6 is 0 Å². The molecule has 2 rings (SSSR count). The molecular weight excluding hydrogens is 120 g/mol. The Balaban J connectivity index is 2.02. The summed E-state index contributed by atoms with van der Waals surface area (Å²) in [5.74, 6) is 0. The van der Waals surface area contributed by atoms with Crippen LogP contribution in [-0.4, -0.2) is 30.2 Å². The van der Waals surface area contributed by atoms with Crippen molar-refractivity contribution in [1.29, 1.82) is 0 Å². The Kier molecular flexibility index (Phi) is 1.22. The van der Waals surface area contributed by atoms with Gasteiger partial charge >= 0.3 is 0 Å². The second-order valence-corrected chi connectivity index (χ2v) is 2.65. The van der Waals surface area contributed by atoms with Crippen LogP contribution < -0.4 is 0 Å². The van der Waals surface area contributed by atoms with E-state index in [-0.39, 0.29) is 18.3 Å². The summed E-state index contributed by atoms with van der Waals surface area (Å²) in [5.41, 5.74) is 0. The van der Waals surface area contributed by atoms with Crippen LogP contribution in [0.3, 0.4) is 0 Å². The average Bonchev–Trinajstić information content (AvgIpc) is 2.22. The first kappa shape index (κ1) is 5.65. The maximum Gasteiger partial charge on any atom is 0.147 e. The van der Waals surface area contributed by atoms with Gasteiger partial charge in [0.2, 0.25) is 0 Å². The van der Waals surface area contributed by atoms with Crippen LogP contribution in [0.15, 0.2) is 0 Å². The molecule has 1 saturated heterocycles. The van der Waals surface area contributed by atoms with Crippen LogP contribution in [0.25, 0.3) is 0 Å². The SMILES string of the molecule is O[C@@H]1C[C@@H]2OCO[C@@H]2C1. The van der Waals surface area contributed by atoms with E-state index >= 15 is 0 Å². The first-order valence-electron chi connectivity index (χ1n) is 3.27. The van der Waals surface area contributed by atoms with Crippen molar-refractivity contribution in [3.8, 4) is 0 Å². The highest BCUT2D eigenvalue weighted by Gasteiger charge is 2.38. The Morgan fingerprint density at radius 2 is 1.67 bits per heavy atom. The van der Waals surface area contributed by atoms with Gasteiger partial charge in [0.1, 0.15) is 6.79 Å². The molecular formula is C6H10O3. The molecule has 0 radical (unpaired) electrons. The quantitative estimate of drug-likeness (QED) is 0.497. The standard InChI is InChI=1S/C6H10O3/c7-4-1-5-6(2-4)9-3-8-5/h4-7H,1-3H2/t4-,5+,6-. The number of fused-ring (bicyclic) bond motifs is 1. The summed E-state index contributed by atoms with van der Waals surface area (Å²) in [5, 5.41) is 9.07. The molecule has 9 heavy (non-hydrogen) atoms. The van der Waals surface area contributed by atoms with Crippen molar-refractivity contribution < 1.29 is 14.6 Å². The molecule has 0 spiro atoms. The molecule has 0 aromatic carbocycles. The topological polar surface area (TPSA) is 38.7 Å². The largest absolute Gasteiger partial charge is 0.393 e. The van der Waals surface area contributed by atoms with Crippen LogP contribution in [0.1, 0.15) is 12.8 Å². The van der Waals surface area contributed by atoms with E-state index < -0.39 is 0 Å². The molecule has 1 aliphatic heterocycles. The lowest BCUT2D eigenvalue weighted by Crippen LogP contribution is -2.13. The van der Waals surface area contributed by atoms with Gasteiger partial charge in [-0.15, -0.1) is 0 Å². The summed E-state index contributed by atoms with van der Waals surface area (Å²) < 4.78 is 10.3. The maximum absolute atomic E-state index is 9.07. The van der Waals surface area contributed by atoms with E-state index in [1.807, 2.05) is 0 Å². The minimum Gasteiger partial charge on any atom is -0.393 e. The van der Waals surface area contributed by atoms with Gasteiger partial charge in [-0.3, -0.25) is 0 Å². The number of rotatable bonds is 0. The fraction of sp³-hybridized carbons (Fsp3) is 1.00. The Bertz CT molecular complexity index is 103. The van der Waals surface area contributed by atoms with Crippen molar-refractivity contribution in [2.24, 2.45) is 0 Å². The second-order valence-electron chi connectivity index (χ2n) is 2.65. The highest BCUT2D eigenvalue weighted by atomic mass is 16.7. The zero-order chi connectivity index (χ0) is 6.27. The normalized spacial score (nSPS) is 49.7. The molecule has 0 aromatic rings. The molecule has 0 aromatic heterocycles. The average molecular weight is 130 g/mol. The Labute approximate surface area is 53.6 Å². The van der Waals surface area contributed by atoms with Crippen molar-refractivity contribution in [3.63, 3.8) is 0 Å². The van der Waals surface area contributed by atoms with Gasteiger partial charge in [-0.25, -0.2) is 0 Å². The molecule has 1 aliphatic carbocycles. The van der Waals surface area contributed by atoms with Gasteiger partial charge in [0, 0.05) is 12.8 Å². The second kappa shape index (κ2) is 1.94. The van der Waals surface area contributed by atoms with E-state index in [4.69, 9.17) is 14.6 Å². The van der Waals surface area contributed by atoms with Gasteiger partial charge in [-0.05, 0) is 0 Å². The fourth-order valence-corrected chi connectivity index (χ4v) is 1.50. The molecule has 0 unspecified atom stereocenters. The van der Waals surface area contributed by atoms with Gasteiger partial charge in [-0.1, -0.05) is 0 Å². The van der Waals surface area contributed by atoms with Crippen LogP contribution in [0.2, 0.25) is 0 Å². The van der Waals surface area contributed by atoms with Gasteiger partial charge in [-0.2, -0.15) is 0 Å². The van der Waals surface area contributed by atoms with Crippen LogP contribution in [0.4, 0.5) is 0 Å². The Morgan fingerprint density at radius 1 is 1.11 bits per heavy atom. The summed E-state index contributed by atoms with van der Waals surface area (Å²) in [7, 11) is 0. The zero-order valence-corrected chi connectivity index (χ0v) is 5.12. The van der Waals surface area contributed by atoms with Crippen molar-refractivity contribution >= 4 is 0 Å². The van der Waals surface area contributed by atoms with E-state index in [1.165, 1.54) is 0 Å². The summed E-state index contributed by atoms with van der Waals surface area (Å²) in [6.45, 7) is 0.419. The lowest BCUT2D eigenvalue weighted by molar-refractivity contribution is 0.00835. The lowest BCUT2D eigenvalue weighted by Gasteiger charge is -2.01. The molecule has 1 N–H and O–H groups in total. The molecule has 1 saturated carbocycles. The monoisotopic (exact) mass is 130 g/mol. The van der Waals surface area contributed by atoms with E-state index in [9.17, 15) is 0 Å². The molecule has 2 fully saturated rings. The minimum absolute atomic E-state index is 0.181. The predicted molar refractivity (Wildman–Crippen MR) is 29.9 cm³/mol. The van der Waals surface area contributed by atoms with Gasteiger partial charge in [0.25, 0.3) is 0 Å². The van der Waals surface area contributed by atoms with Crippen molar-refractivity contribution in [2.45, 2.75) is 31.2 Å². The van der Waals surface area contributed by atoms with Crippen molar-refractivity contribution in [1.82, 2.24) is 0 Å². The zero-order valence-electron chi connectivity index (χ0n) is 5.12. The molecule has 0 bridgehead atoms. The van der Waals surface area contributed by atoms with E-state index in [2.05, 4.69) is 0 Å². The number of hydrogen-bond acceptors (Lipinski definition) is 3. The molecule has 3 heteroatoms. The highest BCUT2D eigenvalue weighted by molar-refractivity contribution is 4.86. The third-order valence-corrected chi connectivity index (χ3v) is 1.99. The summed E-state index contributed by atoms with van der Waals surface area (Å²) in [4.78, 5) is 0. The lowest BCUT2D eigenvalue weighted by atomic mass is 10.3. The fourth-order valence-electron chi connectivity index (χ4n) is 1.50. The summed E-state index contributed by atoms with van der Waals surface area (Å²) >= 11 is 0. The van der Waals surface area contributed by atoms with Gasteiger partial charge in [0.15, 0.2) is 0 Å². The molecule has 3 atom stereocenters. The van der Waals surface area contributed by atoms with Crippen molar-refractivity contribution in [3.05, 3.63) is 0 Å². The predicted octanol–water partition coefficient (Wildman–Crippen LogP) is -0.117. The van der Waals surface area contributed by atoms with Crippen LogP contribution in [0, 0.1) is 0 Å². The Morgan fingerprint density at radius 3 is 2.22 bits per heavy atom. The molecule has 3 nitrogen and oxygen atoms in total. The summed E-state index contributed by atoms with van der Waals surface area (Å²) in [6.07, 6.45) is 1.68. The number of ether oxygens (including phenoxy) is 2. The third-order valence-electron chi connectivity index (χ3n) is 1.99. The van der Waals surface area contributed by atoms with E-state index in [1.54, 1.807) is 0 Å². The summed E-state index contributed by atoms with van der Waals surface area (Å²) in [6, 6.07) is 0. The third kappa shape index (κ3) is 0.852. The van der Waals surface area contributed by atoms with Crippen LogP contribution in [-0.2, 0) is 9.47 Å². The smallest absolute Gasteiger partial charge is 0.147 e. The molecule has 0 amide bonds. The Hall–Kier alpha value is -0.120. The number of aliphatic hydroxyl groups excluding tert-OH is 1. The molecule has 2 aliphatic rings. The highest BCUT2D eigenvalue weighted by Crippen LogP contribution is 2.29.